The van der Waals surface area contributed by atoms with Gasteiger partial charge in [0.05, 0.1) is 0 Å². The molecule has 0 spiro atoms. The smallest absolute Gasteiger partial charge is 0.253 e. The van der Waals surface area contributed by atoms with E-state index in [9.17, 15) is 9.59 Å². The highest BCUT2D eigenvalue weighted by Gasteiger charge is 2.18. The maximum atomic E-state index is 12.4. The largest absolute Gasteiger partial charge is 0.352 e. The summed E-state index contributed by atoms with van der Waals surface area (Å²) < 4.78 is 0. The second-order valence-electron chi connectivity index (χ2n) is 6.37. The van der Waals surface area contributed by atoms with Crippen molar-refractivity contribution in [2.45, 2.75) is 39.5 Å². The lowest BCUT2D eigenvalue weighted by Crippen LogP contribution is -2.35. The zero-order chi connectivity index (χ0) is 15.9. The Labute approximate surface area is 132 Å². The van der Waals surface area contributed by atoms with Crippen molar-refractivity contribution in [1.82, 2.24) is 10.2 Å². The molecule has 4 nitrogen and oxygen atoms in total. The highest BCUT2D eigenvalue weighted by Crippen LogP contribution is 2.14. The topological polar surface area (TPSA) is 49.4 Å². The van der Waals surface area contributed by atoms with Crippen LogP contribution in [-0.2, 0) is 0 Å². The average Bonchev–Trinajstić information content (AvgIpc) is 2.54. The predicted octanol–water partition coefficient (Wildman–Crippen LogP) is 3.09. The number of rotatable bonds is 5. The molecule has 0 aromatic heterocycles. The van der Waals surface area contributed by atoms with Crippen LogP contribution in [0.1, 0.15) is 60.2 Å². The Bertz CT molecular complexity index is 502. The van der Waals surface area contributed by atoms with Crippen LogP contribution in [0.2, 0.25) is 0 Å². The van der Waals surface area contributed by atoms with E-state index in [4.69, 9.17) is 0 Å². The van der Waals surface area contributed by atoms with Crippen molar-refractivity contribution in [3.8, 4) is 0 Å². The van der Waals surface area contributed by atoms with Gasteiger partial charge in [-0.15, -0.1) is 0 Å². The Morgan fingerprint density at radius 2 is 1.64 bits per heavy atom. The number of hydrogen-bond donors (Lipinski definition) is 1. The van der Waals surface area contributed by atoms with Crippen LogP contribution in [0.5, 0.6) is 0 Å². The second kappa shape index (κ2) is 7.97. The van der Waals surface area contributed by atoms with Crippen LogP contribution in [-0.4, -0.2) is 36.3 Å². The molecule has 1 fully saturated rings. The van der Waals surface area contributed by atoms with E-state index in [1.807, 2.05) is 4.90 Å². The lowest BCUT2D eigenvalue weighted by Gasteiger charge is -2.26. The van der Waals surface area contributed by atoms with E-state index >= 15 is 0 Å². The first-order chi connectivity index (χ1) is 10.6. The van der Waals surface area contributed by atoms with Crippen molar-refractivity contribution in [2.24, 2.45) is 5.92 Å². The van der Waals surface area contributed by atoms with Crippen molar-refractivity contribution in [3.63, 3.8) is 0 Å². The van der Waals surface area contributed by atoms with Gasteiger partial charge < -0.3 is 10.2 Å². The number of carbonyl (C=O) groups is 2. The normalized spacial score (nSPS) is 15.0. The summed E-state index contributed by atoms with van der Waals surface area (Å²) in [5.41, 5.74) is 1.28. The van der Waals surface area contributed by atoms with Crippen LogP contribution >= 0.6 is 0 Å². The fourth-order valence-electron chi connectivity index (χ4n) is 2.62. The second-order valence-corrected chi connectivity index (χ2v) is 6.37. The Balaban J connectivity index is 1.91. The highest BCUT2D eigenvalue weighted by atomic mass is 16.2. The van der Waals surface area contributed by atoms with Crippen molar-refractivity contribution in [3.05, 3.63) is 35.4 Å². The fourth-order valence-corrected chi connectivity index (χ4v) is 2.62. The number of piperidine rings is 1. The van der Waals surface area contributed by atoms with Crippen molar-refractivity contribution in [2.75, 3.05) is 19.6 Å². The van der Waals surface area contributed by atoms with Gasteiger partial charge in [0.2, 0.25) is 0 Å². The third-order valence-electron chi connectivity index (χ3n) is 4.04. The Hall–Kier alpha value is -1.84. The molecule has 0 unspecified atom stereocenters. The first-order valence-corrected chi connectivity index (χ1v) is 8.25. The van der Waals surface area contributed by atoms with E-state index in [-0.39, 0.29) is 11.8 Å². The fraction of sp³-hybridized carbons (Fsp3) is 0.556. The zero-order valence-electron chi connectivity index (χ0n) is 13.6. The van der Waals surface area contributed by atoms with Gasteiger partial charge in [-0.05, 0) is 55.9 Å². The minimum atomic E-state index is -0.0716. The van der Waals surface area contributed by atoms with Crippen molar-refractivity contribution >= 4 is 11.8 Å². The molecule has 0 atom stereocenters. The summed E-state index contributed by atoms with van der Waals surface area (Å²) in [5, 5.41) is 2.91. The molecule has 1 N–H and O–H groups in total. The Kier molecular flexibility index (Phi) is 5.99. The molecular formula is C18H26N2O2. The van der Waals surface area contributed by atoms with Crippen LogP contribution in [0.3, 0.4) is 0 Å². The minimum absolute atomic E-state index is 0.0716. The maximum Gasteiger partial charge on any atom is 0.253 e. The van der Waals surface area contributed by atoms with Gasteiger partial charge in [0.1, 0.15) is 0 Å². The van der Waals surface area contributed by atoms with Crippen LogP contribution in [0.15, 0.2) is 24.3 Å². The van der Waals surface area contributed by atoms with E-state index in [2.05, 4.69) is 19.2 Å². The molecule has 2 rings (SSSR count). The molecule has 4 heteroatoms. The van der Waals surface area contributed by atoms with E-state index in [0.717, 1.165) is 32.4 Å². The van der Waals surface area contributed by atoms with Crippen LogP contribution in [0.25, 0.3) is 0 Å². The first kappa shape index (κ1) is 16.5. The van der Waals surface area contributed by atoms with Gasteiger partial charge in [-0.2, -0.15) is 0 Å². The van der Waals surface area contributed by atoms with Gasteiger partial charge in [0.25, 0.3) is 11.8 Å². The number of likely N-dealkylation sites (tertiary alicyclic amines) is 1. The van der Waals surface area contributed by atoms with Gasteiger partial charge in [0.15, 0.2) is 0 Å². The molecule has 1 aromatic rings. The van der Waals surface area contributed by atoms with E-state index in [1.165, 1.54) is 6.42 Å². The van der Waals surface area contributed by atoms with E-state index in [1.54, 1.807) is 24.3 Å². The SMILES string of the molecule is CC(C)CCNC(=O)c1ccc(C(=O)N2CCCCC2)cc1. The van der Waals surface area contributed by atoms with Gasteiger partial charge >= 0.3 is 0 Å². The summed E-state index contributed by atoms with van der Waals surface area (Å²) in [5.74, 6) is 0.578. The molecule has 0 bridgehead atoms. The summed E-state index contributed by atoms with van der Waals surface area (Å²) in [6.07, 6.45) is 4.35. The number of carbonyl (C=O) groups excluding carboxylic acids is 2. The molecule has 0 radical (unpaired) electrons. The Morgan fingerprint density at radius 1 is 1.05 bits per heavy atom. The maximum absolute atomic E-state index is 12.4. The monoisotopic (exact) mass is 302 g/mol. The van der Waals surface area contributed by atoms with Crippen LogP contribution in [0.4, 0.5) is 0 Å². The molecule has 1 saturated heterocycles. The molecule has 1 aliphatic rings. The van der Waals surface area contributed by atoms with Crippen molar-refractivity contribution < 1.29 is 9.59 Å². The van der Waals surface area contributed by atoms with Gasteiger partial charge in [-0.3, -0.25) is 9.59 Å². The summed E-state index contributed by atoms with van der Waals surface area (Å²) in [6, 6.07) is 6.99. The molecule has 1 heterocycles. The molecular weight excluding hydrogens is 276 g/mol. The minimum Gasteiger partial charge on any atom is -0.352 e. The summed E-state index contributed by atoms with van der Waals surface area (Å²) >= 11 is 0. The van der Waals surface area contributed by atoms with Gasteiger partial charge in [-0.1, -0.05) is 13.8 Å². The number of benzene rings is 1. The quantitative estimate of drug-likeness (QED) is 0.908. The molecule has 2 amide bonds. The number of amides is 2. The van der Waals surface area contributed by atoms with E-state index < -0.39 is 0 Å². The molecule has 120 valence electrons. The summed E-state index contributed by atoms with van der Waals surface area (Å²) in [4.78, 5) is 26.3. The van der Waals surface area contributed by atoms with Crippen LogP contribution in [0, 0.1) is 5.92 Å². The molecule has 22 heavy (non-hydrogen) atoms. The standard InChI is InChI=1S/C18H26N2O2/c1-14(2)10-11-19-17(21)15-6-8-16(9-7-15)18(22)20-12-4-3-5-13-20/h6-9,14H,3-5,10-13H2,1-2H3,(H,19,21). The van der Waals surface area contributed by atoms with Crippen LogP contribution < -0.4 is 5.32 Å². The molecule has 0 saturated carbocycles. The third-order valence-corrected chi connectivity index (χ3v) is 4.04. The summed E-state index contributed by atoms with van der Waals surface area (Å²) in [6.45, 7) is 6.64. The van der Waals surface area contributed by atoms with Crippen molar-refractivity contribution in [1.29, 1.82) is 0 Å². The predicted molar refractivity (Wildman–Crippen MR) is 88.0 cm³/mol. The first-order valence-electron chi connectivity index (χ1n) is 8.25. The lowest BCUT2D eigenvalue weighted by molar-refractivity contribution is 0.0723. The lowest BCUT2D eigenvalue weighted by atomic mass is 10.1. The molecule has 1 aliphatic heterocycles. The van der Waals surface area contributed by atoms with Gasteiger partial charge in [-0.25, -0.2) is 0 Å². The summed E-state index contributed by atoms with van der Waals surface area (Å²) in [7, 11) is 0. The number of nitrogens with one attached hydrogen (secondary N) is 1. The number of hydrogen-bond acceptors (Lipinski definition) is 2. The van der Waals surface area contributed by atoms with Gasteiger partial charge in [0, 0.05) is 30.8 Å². The highest BCUT2D eigenvalue weighted by molar-refractivity contribution is 5.97. The van der Waals surface area contributed by atoms with E-state index in [0.29, 0.717) is 23.6 Å². The zero-order valence-corrected chi connectivity index (χ0v) is 13.6. The third kappa shape index (κ3) is 4.58. The molecule has 0 aliphatic carbocycles. The Morgan fingerprint density at radius 3 is 2.23 bits per heavy atom. The molecule has 1 aromatic carbocycles. The number of nitrogens with zero attached hydrogens (tertiary/aromatic N) is 1. The average molecular weight is 302 g/mol.